The van der Waals surface area contributed by atoms with Gasteiger partial charge in [0.15, 0.2) is 5.96 Å². The molecule has 0 saturated carbocycles. The molecule has 0 atom stereocenters. The Bertz CT molecular complexity index is 1080. The number of rotatable bonds is 6. The molecule has 5 N–H and O–H groups in total. The third-order valence-electron chi connectivity index (χ3n) is 4.30. The van der Waals surface area contributed by atoms with E-state index in [2.05, 4.69) is 10.3 Å². The van der Waals surface area contributed by atoms with Crippen LogP contribution in [0.15, 0.2) is 62.7 Å². The van der Waals surface area contributed by atoms with Crippen LogP contribution in [0.5, 0.6) is 0 Å². The number of hydrogen-bond donors (Lipinski definition) is 3. The van der Waals surface area contributed by atoms with Crippen molar-refractivity contribution >= 4 is 34.2 Å². The van der Waals surface area contributed by atoms with Gasteiger partial charge in [-0.15, -0.1) is 0 Å². The minimum absolute atomic E-state index is 0.0209. The lowest BCUT2D eigenvalue weighted by atomic mass is 10.1. The summed E-state index contributed by atoms with van der Waals surface area (Å²) >= 11 is 0. The van der Waals surface area contributed by atoms with Gasteiger partial charge < -0.3 is 21.2 Å². The molecule has 0 aliphatic rings. The number of aliphatic imine (C=N–C) groups is 1. The lowest BCUT2D eigenvalue weighted by molar-refractivity contribution is -0.116. The third kappa shape index (κ3) is 4.97. The standard InChI is InChI=1S/C21H22N4O3/c1-13-11-20(27)28-18-12-16(9-10-17(13)18)24-19(26)4-2-3-14-5-7-15(8-6-14)25-21(22)23/h5-12H,2-4H2,1H3,(H,24,26)(H4,22,23,25). The number of carbonyl (C=O) groups excluding carboxylic acids is 1. The van der Waals surface area contributed by atoms with Crippen molar-refractivity contribution in [1.29, 1.82) is 0 Å². The molecule has 3 aromatic rings. The largest absolute Gasteiger partial charge is 0.423 e. The predicted molar refractivity (Wildman–Crippen MR) is 111 cm³/mol. The summed E-state index contributed by atoms with van der Waals surface area (Å²) in [5.74, 6) is -0.0703. The Balaban J connectivity index is 1.55. The van der Waals surface area contributed by atoms with Crippen LogP contribution in [0.1, 0.15) is 24.0 Å². The molecule has 1 aromatic heterocycles. The minimum atomic E-state index is -0.403. The van der Waals surface area contributed by atoms with Crippen LogP contribution in [0.2, 0.25) is 0 Å². The highest BCUT2D eigenvalue weighted by atomic mass is 16.4. The van der Waals surface area contributed by atoms with E-state index in [1.165, 1.54) is 6.07 Å². The fraction of sp³-hybridized carbons (Fsp3) is 0.190. The second kappa shape index (κ2) is 8.39. The maximum Gasteiger partial charge on any atom is 0.336 e. The van der Waals surface area contributed by atoms with Crippen molar-refractivity contribution in [3.63, 3.8) is 0 Å². The number of anilines is 1. The summed E-state index contributed by atoms with van der Waals surface area (Å²) in [7, 11) is 0. The zero-order valence-electron chi connectivity index (χ0n) is 15.6. The SMILES string of the molecule is Cc1cc(=O)oc2cc(NC(=O)CCCc3ccc(N=C(N)N)cc3)ccc12. The fourth-order valence-electron chi connectivity index (χ4n) is 2.97. The highest BCUT2D eigenvalue weighted by Crippen LogP contribution is 2.21. The smallest absolute Gasteiger partial charge is 0.336 e. The molecule has 0 spiro atoms. The summed E-state index contributed by atoms with van der Waals surface area (Å²) < 4.78 is 5.21. The van der Waals surface area contributed by atoms with Gasteiger partial charge in [-0.05, 0) is 55.2 Å². The molecule has 1 heterocycles. The summed E-state index contributed by atoms with van der Waals surface area (Å²) in [6.45, 7) is 1.85. The van der Waals surface area contributed by atoms with E-state index in [-0.39, 0.29) is 11.9 Å². The van der Waals surface area contributed by atoms with Crippen LogP contribution >= 0.6 is 0 Å². The lowest BCUT2D eigenvalue weighted by Crippen LogP contribution is -2.21. The molecule has 144 valence electrons. The Labute approximate surface area is 162 Å². The van der Waals surface area contributed by atoms with Gasteiger partial charge in [0.05, 0.1) is 5.69 Å². The molecule has 0 saturated heterocycles. The molecule has 7 nitrogen and oxygen atoms in total. The van der Waals surface area contributed by atoms with Gasteiger partial charge in [0.2, 0.25) is 5.91 Å². The number of aryl methyl sites for hydroxylation is 2. The molecule has 7 heteroatoms. The van der Waals surface area contributed by atoms with E-state index in [0.29, 0.717) is 29.8 Å². The van der Waals surface area contributed by atoms with Gasteiger partial charge in [0.25, 0.3) is 0 Å². The summed E-state index contributed by atoms with van der Waals surface area (Å²) in [6, 6.07) is 14.3. The number of nitrogens with two attached hydrogens (primary N) is 2. The van der Waals surface area contributed by atoms with Crippen LogP contribution in [0, 0.1) is 6.92 Å². The Kier molecular flexibility index (Phi) is 5.74. The molecule has 3 rings (SSSR count). The van der Waals surface area contributed by atoms with E-state index in [0.717, 1.165) is 22.9 Å². The van der Waals surface area contributed by atoms with Gasteiger partial charge in [0, 0.05) is 29.6 Å². The van der Waals surface area contributed by atoms with Gasteiger partial charge in [-0.25, -0.2) is 9.79 Å². The Morgan fingerprint density at radius 2 is 1.86 bits per heavy atom. The molecular formula is C21H22N4O3. The van der Waals surface area contributed by atoms with Crippen molar-refractivity contribution in [3.8, 4) is 0 Å². The number of nitrogens with one attached hydrogen (secondary N) is 1. The maximum atomic E-state index is 12.2. The number of nitrogens with zero attached hydrogens (tertiary/aromatic N) is 1. The molecule has 0 fully saturated rings. The highest BCUT2D eigenvalue weighted by molar-refractivity contribution is 5.93. The predicted octanol–water partition coefficient (Wildman–Crippen LogP) is 2.97. The number of guanidine groups is 1. The average Bonchev–Trinajstić information content (AvgIpc) is 2.62. The van der Waals surface area contributed by atoms with E-state index >= 15 is 0 Å². The fourth-order valence-corrected chi connectivity index (χ4v) is 2.97. The molecular weight excluding hydrogens is 356 g/mol. The molecule has 28 heavy (non-hydrogen) atoms. The van der Waals surface area contributed by atoms with Crippen molar-refractivity contribution in [2.75, 3.05) is 5.32 Å². The normalized spacial score (nSPS) is 10.6. The van der Waals surface area contributed by atoms with Crippen LogP contribution in [0.3, 0.4) is 0 Å². The topological polar surface area (TPSA) is 124 Å². The van der Waals surface area contributed by atoms with Gasteiger partial charge in [-0.3, -0.25) is 4.79 Å². The lowest BCUT2D eigenvalue weighted by Gasteiger charge is -2.07. The van der Waals surface area contributed by atoms with Crippen LogP contribution in [-0.4, -0.2) is 11.9 Å². The first kappa shape index (κ1) is 19.2. The molecule has 1 amide bonds. The number of fused-ring (bicyclic) bond motifs is 1. The Hall–Kier alpha value is -3.61. The van der Waals surface area contributed by atoms with E-state index in [4.69, 9.17) is 15.9 Å². The van der Waals surface area contributed by atoms with Crippen LogP contribution in [0.25, 0.3) is 11.0 Å². The van der Waals surface area contributed by atoms with E-state index in [1.807, 2.05) is 37.3 Å². The second-order valence-corrected chi connectivity index (χ2v) is 6.56. The second-order valence-electron chi connectivity index (χ2n) is 6.56. The Morgan fingerprint density at radius 3 is 2.57 bits per heavy atom. The van der Waals surface area contributed by atoms with Crippen molar-refractivity contribution in [1.82, 2.24) is 0 Å². The summed E-state index contributed by atoms with van der Waals surface area (Å²) in [4.78, 5) is 27.7. The zero-order valence-corrected chi connectivity index (χ0v) is 15.6. The van der Waals surface area contributed by atoms with Crippen LogP contribution in [0.4, 0.5) is 11.4 Å². The first-order chi connectivity index (χ1) is 13.4. The van der Waals surface area contributed by atoms with Crippen molar-refractivity contribution in [3.05, 3.63) is 70.1 Å². The van der Waals surface area contributed by atoms with Crippen molar-refractivity contribution in [2.45, 2.75) is 26.2 Å². The Morgan fingerprint density at radius 1 is 1.11 bits per heavy atom. The van der Waals surface area contributed by atoms with E-state index in [9.17, 15) is 9.59 Å². The highest BCUT2D eigenvalue weighted by Gasteiger charge is 2.07. The quantitative estimate of drug-likeness (QED) is 0.346. The number of carbonyl (C=O) groups is 1. The molecule has 0 unspecified atom stereocenters. The molecule has 2 aromatic carbocycles. The summed E-state index contributed by atoms with van der Waals surface area (Å²) in [5.41, 5.74) is 14.0. The molecule has 0 aliphatic heterocycles. The maximum absolute atomic E-state index is 12.2. The number of benzene rings is 2. The molecule has 0 aliphatic carbocycles. The van der Waals surface area contributed by atoms with E-state index in [1.54, 1.807) is 12.1 Å². The summed E-state index contributed by atoms with van der Waals surface area (Å²) in [5, 5.41) is 3.69. The molecule has 0 bridgehead atoms. The monoisotopic (exact) mass is 378 g/mol. The first-order valence-electron chi connectivity index (χ1n) is 8.93. The van der Waals surface area contributed by atoms with Gasteiger partial charge in [-0.2, -0.15) is 0 Å². The first-order valence-corrected chi connectivity index (χ1v) is 8.93. The van der Waals surface area contributed by atoms with Crippen LogP contribution in [-0.2, 0) is 11.2 Å². The van der Waals surface area contributed by atoms with Gasteiger partial charge in [0.1, 0.15) is 5.58 Å². The third-order valence-corrected chi connectivity index (χ3v) is 4.30. The molecule has 0 radical (unpaired) electrons. The van der Waals surface area contributed by atoms with Gasteiger partial charge >= 0.3 is 5.63 Å². The van der Waals surface area contributed by atoms with Gasteiger partial charge in [-0.1, -0.05) is 12.1 Å². The van der Waals surface area contributed by atoms with Crippen molar-refractivity contribution < 1.29 is 9.21 Å². The van der Waals surface area contributed by atoms with E-state index < -0.39 is 5.63 Å². The minimum Gasteiger partial charge on any atom is -0.423 e. The number of amides is 1. The zero-order chi connectivity index (χ0) is 20.1. The van der Waals surface area contributed by atoms with Crippen LogP contribution < -0.4 is 22.4 Å². The average molecular weight is 378 g/mol. The number of hydrogen-bond acceptors (Lipinski definition) is 4. The summed E-state index contributed by atoms with van der Waals surface area (Å²) in [6.07, 6.45) is 1.85. The van der Waals surface area contributed by atoms with Crippen molar-refractivity contribution in [2.24, 2.45) is 16.5 Å².